The van der Waals surface area contributed by atoms with Gasteiger partial charge in [-0.3, -0.25) is 0 Å². The second-order valence-electron chi connectivity index (χ2n) is 6.40. The van der Waals surface area contributed by atoms with Gasteiger partial charge in [-0.25, -0.2) is 13.4 Å². The van der Waals surface area contributed by atoms with Crippen LogP contribution in [0.5, 0.6) is 0 Å². The first kappa shape index (κ1) is 18.1. The zero-order valence-corrected chi connectivity index (χ0v) is 16.7. The number of halogens is 1. The first-order valence-corrected chi connectivity index (χ1v) is 10.6. The van der Waals surface area contributed by atoms with Gasteiger partial charge in [0.15, 0.2) is 11.5 Å². The van der Waals surface area contributed by atoms with Crippen LogP contribution in [0, 0.1) is 0 Å². The normalized spacial score (nSPS) is 18.3. The summed E-state index contributed by atoms with van der Waals surface area (Å²) >= 11 is 3.33. The Bertz CT molecular complexity index is 1100. The van der Waals surface area contributed by atoms with E-state index in [0.29, 0.717) is 24.3 Å². The number of anilines is 2. The summed E-state index contributed by atoms with van der Waals surface area (Å²) in [5.41, 5.74) is 12.5. The van der Waals surface area contributed by atoms with E-state index in [2.05, 4.69) is 30.9 Å². The lowest BCUT2D eigenvalue weighted by Crippen LogP contribution is -2.38. The second-order valence-corrected chi connectivity index (χ2v) is 9.21. The number of benzene rings is 1. The first-order valence-electron chi connectivity index (χ1n) is 8.37. The number of nitrogens with zero attached hydrogens (tertiary/aromatic N) is 5. The molecule has 0 bridgehead atoms. The van der Waals surface area contributed by atoms with Gasteiger partial charge in [0.1, 0.15) is 5.52 Å². The number of rotatable bonds is 4. The number of fused-ring (bicyclic) bond motifs is 1. The maximum atomic E-state index is 13.1. The van der Waals surface area contributed by atoms with Crippen LogP contribution in [-0.2, 0) is 16.6 Å². The van der Waals surface area contributed by atoms with Crippen LogP contribution in [0.1, 0.15) is 12.8 Å². The van der Waals surface area contributed by atoms with Gasteiger partial charge in [0.25, 0.3) is 0 Å². The van der Waals surface area contributed by atoms with Crippen LogP contribution in [0.3, 0.4) is 0 Å². The molecule has 1 aromatic carbocycles. The third-order valence-electron chi connectivity index (χ3n) is 4.66. The minimum Gasteiger partial charge on any atom is -0.382 e. The van der Waals surface area contributed by atoms with E-state index in [1.165, 1.54) is 0 Å². The molecular formula is C16H18BrN7O2S. The molecule has 9 nitrogen and oxygen atoms in total. The summed E-state index contributed by atoms with van der Waals surface area (Å²) in [7, 11) is -3.58. The lowest BCUT2D eigenvalue weighted by Gasteiger charge is -2.24. The predicted octanol–water partition coefficient (Wildman–Crippen LogP) is 1.61. The van der Waals surface area contributed by atoms with Crippen LogP contribution in [-0.4, -0.2) is 44.8 Å². The number of hydrogen-bond acceptors (Lipinski definition) is 7. The summed E-state index contributed by atoms with van der Waals surface area (Å²) in [5, 5.41) is 0. The van der Waals surface area contributed by atoms with Gasteiger partial charge in [0.2, 0.25) is 16.0 Å². The monoisotopic (exact) mass is 451 g/mol. The Hall–Kier alpha value is -2.24. The largest absolute Gasteiger partial charge is 0.382 e. The van der Waals surface area contributed by atoms with Crippen LogP contribution in [0.4, 0.5) is 11.8 Å². The zero-order chi connectivity index (χ0) is 19.2. The summed E-state index contributed by atoms with van der Waals surface area (Å²) in [4.78, 5) is 12.6. The molecule has 0 saturated carbocycles. The number of nitrogens with two attached hydrogens (primary N) is 2. The average Bonchev–Trinajstić information content (AvgIpc) is 3.24. The Morgan fingerprint density at radius 3 is 2.67 bits per heavy atom. The van der Waals surface area contributed by atoms with Crippen LogP contribution in [0.25, 0.3) is 11.2 Å². The topological polar surface area (TPSA) is 133 Å². The number of imidazole rings is 1. The van der Waals surface area contributed by atoms with Gasteiger partial charge in [-0.15, -0.1) is 0 Å². The number of sulfonamides is 1. The zero-order valence-electron chi connectivity index (χ0n) is 14.3. The molecule has 142 valence electrons. The molecule has 3 aromatic rings. The minimum absolute atomic E-state index is 0.0625. The Balaban J connectivity index is 1.65. The molecule has 1 aliphatic rings. The van der Waals surface area contributed by atoms with Crippen molar-refractivity contribution in [3.05, 3.63) is 35.1 Å². The molecule has 0 unspecified atom stereocenters. The quantitative estimate of drug-likeness (QED) is 0.614. The molecule has 0 radical (unpaired) electrons. The molecule has 0 spiro atoms. The van der Waals surface area contributed by atoms with Gasteiger partial charge in [-0.2, -0.15) is 14.3 Å². The number of aromatic nitrogens is 4. The van der Waals surface area contributed by atoms with Crippen molar-refractivity contribution in [2.75, 3.05) is 18.0 Å². The van der Waals surface area contributed by atoms with Gasteiger partial charge in [-0.05, 0) is 37.1 Å². The van der Waals surface area contributed by atoms with Gasteiger partial charge < -0.3 is 16.0 Å². The van der Waals surface area contributed by atoms with Crippen molar-refractivity contribution in [2.24, 2.45) is 0 Å². The Labute approximate surface area is 164 Å². The maximum absolute atomic E-state index is 13.1. The highest BCUT2D eigenvalue weighted by Gasteiger charge is 2.35. The van der Waals surface area contributed by atoms with E-state index in [1.807, 2.05) is 0 Å². The Kier molecular flexibility index (Phi) is 4.52. The van der Waals surface area contributed by atoms with E-state index in [1.54, 1.807) is 39.5 Å². The summed E-state index contributed by atoms with van der Waals surface area (Å²) < 4.78 is 30.3. The van der Waals surface area contributed by atoms with Crippen LogP contribution >= 0.6 is 15.9 Å². The van der Waals surface area contributed by atoms with Crippen molar-refractivity contribution in [1.29, 1.82) is 0 Å². The molecule has 1 fully saturated rings. The molecular weight excluding hydrogens is 434 g/mol. The van der Waals surface area contributed by atoms with Crippen molar-refractivity contribution >= 4 is 48.9 Å². The summed E-state index contributed by atoms with van der Waals surface area (Å²) in [6.45, 7) is 0.900. The standard InChI is InChI=1S/C16H18BrN7O2S/c17-10-3-5-12(6-4-10)27(25,26)24-7-1-2-11(24)8-23-9-20-13-14(18)21-16(19)22-15(13)23/h3-6,9,11H,1-2,7-8H2,(H4,18,19,21,22)/t11-/m0/s1. The van der Waals surface area contributed by atoms with Crippen molar-refractivity contribution in [3.63, 3.8) is 0 Å². The lowest BCUT2D eigenvalue weighted by atomic mass is 10.2. The van der Waals surface area contributed by atoms with E-state index in [9.17, 15) is 8.42 Å². The molecule has 0 amide bonds. The van der Waals surface area contributed by atoms with Crippen molar-refractivity contribution in [3.8, 4) is 0 Å². The third kappa shape index (κ3) is 3.26. The van der Waals surface area contributed by atoms with E-state index >= 15 is 0 Å². The molecule has 0 aliphatic carbocycles. The van der Waals surface area contributed by atoms with E-state index in [0.717, 1.165) is 17.3 Å². The number of nitrogen functional groups attached to an aromatic ring is 2. The summed E-state index contributed by atoms with van der Waals surface area (Å²) in [6.07, 6.45) is 3.15. The predicted molar refractivity (Wildman–Crippen MR) is 105 cm³/mol. The van der Waals surface area contributed by atoms with Gasteiger partial charge >= 0.3 is 0 Å². The number of hydrogen-bond donors (Lipinski definition) is 2. The SMILES string of the molecule is Nc1nc(N)c2ncn(C[C@@H]3CCCN3S(=O)(=O)c3ccc(Br)cc3)c2n1. The molecule has 4 N–H and O–H groups in total. The van der Waals surface area contributed by atoms with Gasteiger partial charge in [0.05, 0.1) is 11.2 Å². The highest BCUT2D eigenvalue weighted by Crippen LogP contribution is 2.29. The molecule has 11 heteroatoms. The van der Waals surface area contributed by atoms with Crippen molar-refractivity contribution < 1.29 is 8.42 Å². The molecule has 3 heterocycles. The minimum atomic E-state index is -3.58. The van der Waals surface area contributed by atoms with Crippen molar-refractivity contribution in [2.45, 2.75) is 30.3 Å². The smallest absolute Gasteiger partial charge is 0.243 e. The second kappa shape index (κ2) is 6.73. The van der Waals surface area contributed by atoms with E-state index in [4.69, 9.17) is 11.5 Å². The Morgan fingerprint density at radius 1 is 1.19 bits per heavy atom. The fourth-order valence-electron chi connectivity index (χ4n) is 3.39. The van der Waals surface area contributed by atoms with Gasteiger partial charge in [0, 0.05) is 23.6 Å². The fourth-order valence-corrected chi connectivity index (χ4v) is 5.34. The first-order chi connectivity index (χ1) is 12.9. The Morgan fingerprint density at radius 2 is 1.93 bits per heavy atom. The summed E-state index contributed by atoms with van der Waals surface area (Å²) in [5.74, 6) is 0.273. The molecule has 4 rings (SSSR count). The summed E-state index contributed by atoms with van der Waals surface area (Å²) in [6, 6.07) is 6.47. The van der Waals surface area contributed by atoms with Crippen LogP contribution in [0.15, 0.2) is 40.0 Å². The molecule has 1 aliphatic heterocycles. The van der Waals surface area contributed by atoms with Gasteiger partial charge in [-0.1, -0.05) is 15.9 Å². The molecule has 1 atom stereocenters. The van der Waals surface area contributed by atoms with Crippen LogP contribution in [0.2, 0.25) is 0 Å². The molecule has 1 saturated heterocycles. The average molecular weight is 452 g/mol. The van der Waals surface area contributed by atoms with E-state index in [-0.39, 0.29) is 22.7 Å². The third-order valence-corrected chi connectivity index (χ3v) is 7.15. The van der Waals surface area contributed by atoms with Crippen LogP contribution < -0.4 is 11.5 Å². The lowest BCUT2D eigenvalue weighted by molar-refractivity contribution is 0.354. The maximum Gasteiger partial charge on any atom is 0.243 e. The van der Waals surface area contributed by atoms with E-state index < -0.39 is 10.0 Å². The van der Waals surface area contributed by atoms with Crippen molar-refractivity contribution in [1.82, 2.24) is 23.8 Å². The molecule has 2 aromatic heterocycles. The highest BCUT2D eigenvalue weighted by molar-refractivity contribution is 9.10. The molecule has 27 heavy (non-hydrogen) atoms. The highest BCUT2D eigenvalue weighted by atomic mass is 79.9. The fraction of sp³-hybridized carbons (Fsp3) is 0.312.